The zero-order chi connectivity index (χ0) is 12.8. The molecular weight excluding hydrogens is 216 g/mol. The van der Waals surface area contributed by atoms with Crippen LogP contribution in [0, 0.1) is 5.92 Å². The summed E-state index contributed by atoms with van der Waals surface area (Å²) in [7, 11) is 3.29. The Balaban J connectivity index is 2.89. The van der Waals surface area contributed by atoms with Crippen LogP contribution < -0.4 is 0 Å². The van der Waals surface area contributed by atoms with Crippen molar-refractivity contribution in [3.63, 3.8) is 0 Å². The van der Waals surface area contributed by atoms with E-state index in [4.69, 9.17) is 9.47 Å². The first-order valence-corrected chi connectivity index (χ1v) is 5.98. The molecule has 0 N–H and O–H groups in total. The quantitative estimate of drug-likeness (QED) is 0.706. The number of aliphatic imine (C=N–C) groups is 2. The lowest BCUT2D eigenvalue weighted by atomic mass is 10.0. The molecule has 2 atom stereocenters. The van der Waals surface area contributed by atoms with E-state index in [-0.39, 0.29) is 12.1 Å². The van der Waals surface area contributed by atoms with Crippen LogP contribution in [0.1, 0.15) is 26.7 Å². The lowest BCUT2D eigenvalue weighted by Gasteiger charge is -2.26. The van der Waals surface area contributed by atoms with Crippen LogP contribution in [0.5, 0.6) is 0 Å². The molecular formula is C13H22N2O2. The van der Waals surface area contributed by atoms with Crippen molar-refractivity contribution in [1.82, 2.24) is 0 Å². The number of allylic oxidation sites excluding steroid dienone is 1. The highest BCUT2D eigenvalue weighted by molar-refractivity contribution is 5.94. The number of methoxy groups -OCH3 is 2. The molecule has 0 spiro atoms. The SMILES string of the molecule is C=CCCC1N=C(OC)[C@@H](C(C)C)N=C1OC. The number of nitrogens with zero attached hydrogens (tertiary/aromatic N) is 2. The summed E-state index contributed by atoms with van der Waals surface area (Å²) in [6, 6.07) is -0.0714. The van der Waals surface area contributed by atoms with Gasteiger partial charge in [-0.25, -0.2) is 9.98 Å². The Morgan fingerprint density at radius 3 is 2.35 bits per heavy atom. The second-order valence-corrected chi connectivity index (χ2v) is 4.41. The van der Waals surface area contributed by atoms with Gasteiger partial charge in [-0.1, -0.05) is 19.9 Å². The fourth-order valence-corrected chi connectivity index (χ4v) is 1.82. The molecule has 1 aliphatic heterocycles. The van der Waals surface area contributed by atoms with Gasteiger partial charge in [0.1, 0.15) is 12.1 Å². The van der Waals surface area contributed by atoms with Gasteiger partial charge in [0.05, 0.1) is 14.2 Å². The highest BCUT2D eigenvalue weighted by Gasteiger charge is 2.30. The molecule has 1 rings (SSSR count). The average Bonchev–Trinajstić information content (AvgIpc) is 2.34. The van der Waals surface area contributed by atoms with Crippen LogP contribution in [-0.4, -0.2) is 38.1 Å². The first kappa shape index (κ1) is 13.7. The highest BCUT2D eigenvalue weighted by atomic mass is 16.5. The van der Waals surface area contributed by atoms with Gasteiger partial charge in [0.2, 0.25) is 11.8 Å². The summed E-state index contributed by atoms with van der Waals surface area (Å²) < 4.78 is 10.7. The van der Waals surface area contributed by atoms with Gasteiger partial charge < -0.3 is 9.47 Å². The molecule has 4 heteroatoms. The van der Waals surface area contributed by atoms with Crippen LogP contribution in [0.25, 0.3) is 0 Å². The van der Waals surface area contributed by atoms with E-state index in [1.807, 2.05) is 6.08 Å². The van der Waals surface area contributed by atoms with Crippen LogP contribution >= 0.6 is 0 Å². The number of ether oxygens (including phenoxy) is 2. The smallest absolute Gasteiger partial charge is 0.209 e. The lowest BCUT2D eigenvalue weighted by Crippen LogP contribution is -2.37. The molecule has 0 aromatic heterocycles. The van der Waals surface area contributed by atoms with Gasteiger partial charge in [-0.15, -0.1) is 6.58 Å². The van der Waals surface area contributed by atoms with Crippen molar-refractivity contribution in [3.05, 3.63) is 12.7 Å². The predicted molar refractivity (Wildman–Crippen MR) is 70.7 cm³/mol. The first-order valence-electron chi connectivity index (χ1n) is 5.98. The van der Waals surface area contributed by atoms with E-state index in [0.717, 1.165) is 12.8 Å². The van der Waals surface area contributed by atoms with E-state index in [1.165, 1.54) is 0 Å². The Bertz CT molecular complexity index is 321. The minimum atomic E-state index is -0.0389. The van der Waals surface area contributed by atoms with Crippen LogP contribution in [0.4, 0.5) is 0 Å². The molecule has 0 saturated carbocycles. The molecule has 1 heterocycles. The number of rotatable bonds is 4. The maximum atomic E-state index is 5.33. The van der Waals surface area contributed by atoms with Crippen molar-refractivity contribution < 1.29 is 9.47 Å². The van der Waals surface area contributed by atoms with Crippen molar-refractivity contribution in [2.75, 3.05) is 14.2 Å². The van der Waals surface area contributed by atoms with Crippen molar-refractivity contribution in [2.24, 2.45) is 15.9 Å². The summed E-state index contributed by atoms with van der Waals surface area (Å²) >= 11 is 0. The van der Waals surface area contributed by atoms with Crippen LogP contribution in [0.15, 0.2) is 22.6 Å². The molecule has 96 valence electrons. The Labute approximate surface area is 103 Å². The van der Waals surface area contributed by atoms with Crippen LogP contribution in [-0.2, 0) is 9.47 Å². The molecule has 0 amide bonds. The summed E-state index contributed by atoms with van der Waals surface area (Å²) in [5, 5.41) is 0. The second kappa shape index (κ2) is 6.42. The van der Waals surface area contributed by atoms with Crippen molar-refractivity contribution in [2.45, 2.75) is 38.8 Å². The fraction of sp³-hybridized carbons (Fsp3) is 0.692. The van der Waals surface area contributed by atoms with Crippen LogP contribution in [0.2, 0.25) is 0 Å². The van der Waals surface area contributed by atoms with Gasteiger partial charge >= 0.3 is 0 Å². The predicted octanol–water partition coefficient (Wildman–Crippen LogP) is 2.45. The monoisotopic (exact) mass is 238 g/mol. The Hall–Kier alpha value is -1.32. The fourth-order valence-electron chi connectivity index (χ4n) is 1.82. The van der Waals surface area contributed by atoms with Gasteiger partial charge in [0.15, 0.2) is 0 Å². The van der Waals surface area contributed by atoms with E-state index in [9.17, 15) is 0 Å². The van der Waals surface area contributed by atoms with Gasteiger partial charge in [0, 0.05) is 0 Å². The molecule has 0 bridgehead atoms. The zero-order valence-electron chi connectivity index (χ0n) is 11.1. The summed E-state index contributed by atoms with van der Waals surface area (Å²) in [5.74, 6) is 1.75. The van der Waals surface area contributed by atoms with Crippen molar-refractivity contribution in [3.8, 4) is 0 Å². The van der Waals surface area contributed by atoms with Gasteiger partial charge in [0.25, 0.3) is 0 Å². The summed E-state index contributed by atoms with van der Waals surface area (Å²) in [6.07, 6.45) is 3.62. The topological polar surface area (TPSA) is 43.2 Å². The van der Waals surface area contributed by atoms with E-state index in [0.29, 0.717) is 17.7 Å². The van der Waals surface area contributed by atoms with Crippen molar-refractivity contribution >= 4 is 11.8 Å². The minimum absolute atomic E-state index is 0.0325. The van der Waals surface area contributed by atoms with E-state index < -0.39 is 0 Å². The van der Waals surface area contributed by atoms with Crippen molar-refractivity contribution in [1.29, 1.82) is 0 Å². The third-order valence-electron chi connectivity index (χ3n) is 2.78. The molecule has 0 aromatic carbocycles. The molecule has 0 saturated heterocycles. The number of hydrogen-bond acceptors (Lipinski definition) is 4. The normalized spacial score (nSPS) is 24.1. The van der Waals surface area contributed by atoms with E-state index in [1.54, 1.807) is 14.2 Å². The molecule has 1 aliphatic rings. The number of hydrogen-bond donors (Lipinski definition) is 0. The molecule has 17 heavy (non-hydrogen) atoms. The van der Waals surface area contributed by atoms with Gasteiger partial charge in [-0.2, -0.15) is 0 Å². The minimum Gasteiger partial charge on any atom is -0.483 e. The van der Waals surface area contributed by atoms with Gasteiger partial charge in [-0.3, -0.25) is 0 Å². The second-order valence-electron chi connectivity index (χ2n) is 4.41. The maximum Gasteiger partial charge on any atom is 0.209 e. The largest absolute Gasteiger partial charge is 0.483 e. The standard InChI is InChI=1S/C13H22N2O2/c1-6-7-8-10-12(16-4)15-11(9(2)3)13(14-10)17-5/h6,9-11H,1,7-8H2,2-5H3/t10?,11-/m1/s1. The Morgan fingerprint density at radius 2 is 1.88 bits per heavy atom. The molecule has 0 aliphatic carbocycles. The summed E-state index contributed by atoms with van der Waals surface area (Å²) in [5.41, 5.74) is 0. The lowest BCUT2D eigenvalue weighted by molar-refractivity contribution is 0.331. The zero-order valence-corrected chi connectivity index (χ0v) is 11.1. The van der Waals surface area contributed by atoms with Crippen LogP contribution in [0.3, 0.4) is 0 Å². The average molecular weight is 238 g/mol. The molecule has 4 nitrogen and oxygen atoms in total. The highest BCUT2D eigenvalue weighted by Crippen LogP contribution is 2.19. The molecule has 0 aromatic rings. The Kier molecular flexibility index (Phi) is 5.19. The third-order valence-corrected chi connectivity index (χ3v) is 2.78. The maximum absolute atomic E-state index is 5.33. The Morgan fingerprint density at radius 1 is 1.24 bits per heavy atom. The summed E-state index contributed by atoms with van der Waals surface area (Å²) in [4.78, 5) is 9.17. The molecule has 0 radical (unpaired) electrons. The van der Waals surface area contributed by atoms with E-state index >= 15 is 0 Å². The molecule has 1 unspecified atom stereocenters. The molecule has 0 fully saturated rings. The first-order chi connectivity index (χ1) is 8.13. The van der Waals surface area contributed by atoms with Gasteiger partial charge in [-0.05, 0) is 18.8 Å². The third kappa shape index (κ3) is 3.32. The van der Waals surface area contributed by atoms with E-state index in [2.05, 4.69) is 30.4 Å². The summed E-state index contributed by atoms with van der Waals surface area (Å²) in [6.45, 7) is 7.91.